The zero-order valence-electron chi connectivity index (χ0n) is 9.76. The van der Waals surface area contributed by atoms with Crippen molar-refractivity contribution in [1.82, 2.24) is 10.6 Å². The zero-order chi connectivity index (χ0) is 10.5. The molecule has 0 aromatic carbocycles. The number of nitrogens with zero attached hydrogens (tertiary/aromatic N) is 1. The molecule has 1 fully saturated rings. The topological polar surface area (TPSA) is 36.4 Å². The third-order valence-electron chi connectivity index (χ3n) is 3.51. The number of hydrogen-bond donors (Lipinski definition) is 2. The lowest BCUT2D eigenvalue weighted by molar-refractivity contribution is 0.426. The van der Waals surface area contributed by atoms with E-state index < -0.39 is 0 Å². The molecule has 15 heavy (non-hydrogen) atoms. The van der Waals surface area contributed by atoms with Crippen molar-refractivity contribution in [1.29, 1.82) is 0 Å². The Hall–Kier alpha value is -0.570. The second-order valence-electron chi connectivity index (χ2n) is 4.93. The Morgan fingerprint density at radius 2 is 2.00 bits per heavy atom. The molecule has 3 heteroatoms. The molecule has 2 aliphatic heterocycles. The summed E-state index contributed by atoms with van der Waals surface area (Å²) in [5.74, 6) is 2.12. The van der Waals surface area contributed by atoms with E-state index in [4.69, 9.17) is 0 Å². The van der Waals surface area contributed by atoms with Crippen LogP contribution >= 0.6 is 0 Å². The first-order chi connectivity index (χ1) is 7.34. The van der Waals surface area contributed by atoms with Crippen molar-refractivity contribution in [2.75, 3.05) is 19.6 Å². The van der Waals surface area contributed by atoms with E-state index in [-0.39, 0.29) is 0 Å². The van der Waals surface area contributed by atoms with Gasteiger partial charge in [-0.1, -0.05) is 6.92 Å². The summed E-state index contributed by atoms with van der Waals surface area (Å²) in [5.41, 5.74) is 0. The van der Waals surface area contributed by atoms with Crippen LogP contribution in [0.2, 0.25) is 0 Å². The van der Waals surface area contributed by atoms with Crippen molar-refractivity contribution in [2.24, 2.45) is 10.9 Å². The minimum atomic E-state index is 0.665. The highest BCUT2D eigenvalue weighted by Crippen LogP contribution is 2.15. The van der Waals surface area contributed by atoms with E-state index in [9.17, 15) is 0 Å². The number of rotatable bonds is 1. The molecule has 86 valence electrons. The Kier molecular flexibility index (Phi) is 4.01. The number of hydrogen-bond acceptors (Lipinski definition) is 3. The van der Waals surface area contributed by atoms with Crippen molar-refractivity contribution in [2.45, 2.75) is 45.1 Å². The van der Waals surface area contributed by atoms with Crippen LogP contribution in [0.3, 0.4) is 0 Å². The van der Waals surface area contributed by atoms with Crippen molar-refractivity contribution < 1.29 is 0 Å². The minimum absolute atomic E-state index is 0.665. The summed E-state index contributed by atoms with van der Waals surface area (Å²) < 4.78 is 0. The highest BCUT2D eigenvalue weighted by atomic mass is 15.0. The van der Waals surface area contributed by atoms with Gasteiger partial charge in [-0.3, -0.25) is 4.99 Å². The first kappa shape index (κ1) is 10.9. The van der Waals surface area contributed by atoms with E-state index >= 15 is 0 Å². The van der Waals surface area contributed by atoms with Gasteiger partial charge in [0, 0.05) is 19.0 Å². The van der Waals surface area contributed by atoms with Crippen LogP contribution in [0, 0.1) is 5.92 Å². The van der Waals surface area contributed by atoms with Gasteiger partial charge in [-0.2, -0.15) is 0 Å². The van der Waals surface area contributed by atoms with E-state index in [0.29, 0.717) is 6.04 Å². The first-order valence-electron chi connectivity index (χ1n) is 6.35. The number of amidine groups is 1. The number of piperidine rings is 1. The van der Waals surface area contributed by atoms with Crippen molar-refractivity contribution in [3.05, 3.63) is 0 Å². The van der Waals surface area contributed by atoms with Gasteiger partial charge in [0.2, 0.25) is 0 Å². The molecule has 0 amide bonds. The molecule has 1 atom stereocenters. The van der Waals surface area contributed by atoms with Crippen LogP contribution in [0.4, 0.5) is 0 Å². The first-order valence-corrected chi connectivity index (χ1v) is 6.35. The Morgan fingerprint density at radius 1 is 1.20 bits per heavy atom. The SMILES string of the molecule is CC1CCN=C(NC2CCNCC2)CC1. The fourth-order valence-corrected chi connectivity index (χ4v) is 2.35. The molecule has 0 saturated carbocycles. The molecule has 0 radical (unpaired) electrons. The molecule has 0 aromatic heterocycles. The predicted molar refractivity (Wildman–Crippen MR) is 64.3 cm³/mol. The van der Waals surface area contributed by atoms with Crippen molar-refractivity contribution in [3.63, 3.8) is 0 Å². The summed E-state index contributed by atoms with van der Waals surface area (Å²) in [6.07, 6.45) is 6.21. The van der Waals surface area contributed by atoms with Crippen molar-refractivity contribution >= 4 is 5.84 Å². The largest absolute Gasteiger partial charge is 0.371 e. The van der Waals surface area contributed by atoms with Gasteiger partial charge in [0.25, 0.3) is 0 Å². The average Bonchev–Trinajstić information content (AvgIpc) is 2.46. The second kappa shape index (κ2) is 5.50. The Bertz CT molecular complexity index is 219. The standard InChI is InChI=1S/C12H23N3/c1-10-2-3-12(14-9-4-10)15-11-5-7-13-8-6-11/h10-11,13H,2-9H2,1H3,(H,14,15). The normalized spacial score (nSPS) is 29.4. The Morgan fingerprint density at radius 3 is 2.80 bits per heavy atom. The molecule has 0 aliphatic carbocycles. The summed E-state index contributed by atoms with van der Waals surface area (Å²) >= 11 is 0. The minimum Gasteiger partial charge on any atom is -0.371 e. The Balaban J connectivity index is 1.79. The molecule has 1 saturated heterocycles. The fraction of sp³-hybridized carbons (Fsp3) is 0.917. The van der Waals surface area contributed by atoms with Gasteiger partial charge in [-0.05, 0) is 44.7 Å². The van der Waals surface area contributed by atoms with Gasteiger partial charge in [-0.15, -0.1) is 0 Å². The van der Waals surface area contributed by atoms with Crippen LogP contribution in [0.1, 0.15) is 39.0 Å². The lowest BCUT2D eigenvalue weighted by Gasteiger charge is -2.25. The summed E-state index contributed by atoms with van der Waals surface area (Å²) in [7, 11) is 0. The summed E-state index contributed by atoms with van der Waals surface area (Å²) in [4.78, 5) is 4.65. The third kappa shape index (κ3) is 3.49. The maximum absolute atomic E-state index is 4.65. The van der Waals surface area contributed by atoms with Crippen LogP contribution in [0.15, 0.2) is 4.99 Å². The maximum atomic E-state index is 4.65. The van der Waals surface area contributed by atoms with Gasteiger partial charge in [0.05, 0.1) is 5.84 Å². The maximum Gasteiger partial charge on any atom is 0.0965 e. The smallest absolute Gasteiger partial charge is 0.0965 e. The molecule has 0 aromatic rings. The summed E-state index contributed by atoms with van der Waals surface area (Å²) in [5, 5.41) is 7.02. The molecular formula is C12H23N3. The molecule has 2 N–H and O–H groups in total. The molecule has 0 bridgehead atoms. The van der Waals surface area contributed by atoms with Crippen LogP contribution < -0.4 is 10.6 Å². The molecule has 0 spiro atoms. The molecule has 2 aliphatic rings. The molecule has 3 nitrogen and oxygen atoms in total. The van der Waals surface area contributed by atoms with Crippen LogP contribution in [0.25, 0.3) is 0 Å². The van der Waals surface area contributed by atoms with Crippen LogP contribution in [0.5, 0.6) is 0 Å². The Labute approximate surface area is 92.7 Å². The van der Waals surface area contributed by atoms with Gasteiger partial charge < -0.3 is 10.6 Å². The van der Waals surface area contributed by atoms with Crippen LogP contribution in [-0.4, -0.2) is 31.5 Å². The number of nitrogens with one attached hydrogen (secondary N) is 2. The van der Waals surface area contributed by atoms with Gasteiger partial charge >= 0.3 is 0 Å². The highest BCUT2D eigenvalue weighted by molar-refractivity contribution is 5.82. The second-order valence-corrected chi connectivity index (χ2v) is 4.93. The van der Waals surface area contributed by atoms with E-state index in [2.05, 4.69) is 22.5 Å². The highest BCUT2D eigenvalue weighted by Gasteiger charge is 2.16. The summed E-state index contributed by atoms with van der Waals surface area (Å²) in [6.45, 7) is 5.67. The van der Waals surface area contributed by atoms with Gasteiger partial charge in [0.15, 0.2) is 0 Å². The van der Waals surface area contributed by atoms with Gasteiger partial charge in [-0.25, -0.2) is 0 Å². The molecule has 2 heterocycles. The predicted octanol–water partition coefficient (Wildman–Crippen LogP) is 1.55. The molecule has 2 rings (SSSR count). The summed E-state index contributed by atoms with van der Waals surface area (Å²) in [6, 6.07) is 0.665. The average molecular weight is 209 g/mol. The number of aliphatic imine (C=N–C) groups is 1. The lowest BCUT2D eigenvalue weighted by Crippen LogP contribution is -2.42. The van der Waals surface area contributed by atoms with E-state index in [1.54, 1.807) is 0 Å². The van der Waals surface area contributed by atoms with Crippen LogP contribution in [-0.2, 0) is 0 Å². The third-order valence-corrected chi connectivity index (χ3v) is 3.51. The van der Waals surface area contributed by atoms with Crippen molar-refractivity contribution in [3.8, 4) is 0 Å². The monoisotopic (exact) mass is 209 g/mol. The van der Waals surface area contributed by atoms with E-state index in [0.717, 1.165) is 32.0 Å². The lowest BCUT2D eigenvalue weighted by atomic mass is 10.0. The quantitative estimate of drug-likeness (QED) is 0.687. The van der Waals surface area contributed by atoms with E-state index in [1.165, 1.54) is 31.5 Å². The fourth-order valence-electron chi connectivity index (χ4n) is 2.35. The van der Waals surface area contributed by atoms with Gasteiger partial charge in [0.1, 0.15) is 0 Å². The van der Waals surface area contributed by atoms with E-state index in [1.807, 2.05) is 0 Å². The zero-order valence-corrected chi connectivity index (χ0v) is 9.76. The molecule has 1 unspecified atom stereocenters. The molecular weight excluding hydrogens is 186 g/mol.